The highest BCUT2D eigenvalue weighted by Gasteiger charge is 2.17. The fourth-order valence-electron chi connectivity index (χ4n) is 2.53. The van der Waals surface area contributed by atoms with Crippen LogP contribution in [0.2, 0.25) is 0 Å². The molecular weight excluding hydrogens is 320 g/mol. The van der Waals surface area contributed by atoms with Gasteiger partial charge in [-0.1, -0.05) is 30.3 Å². The minimum absolute atomic E-state index is 0.173. The number of rotatable bonds is 8. The molecule has 1 atom stereocenters. The first-order valence-electron chi connectivity index (χ1n) is 7.96. The summed E-state index contributed by atoms with van der Waals surface area (Å²) in [6, 6.07) is 13.0. The predicted octanol–water partition coefficient (Wildman–Crippen LogP) is 2.01. The first kappa shape index (κ1) is 18.6. The van der Waals surface area contributed by atoms with Crippen LogP contribution < -0.4 is 25.3 Å². The Hall–Kier alpha value is -2.73. The Morgan fingerprint density at radius 3 is 2.16 bits per heavy atom. The van der Waals surface area contributed by atoms with Gasteiger partial charge in [0.15, 0.2) is 11.5 Å². The van der Waals surface area contributed by atoms with Gasteiger partial charge in [-0.25, -0.2) is 0 Å². The molecular formula is C19H24N2O4. The maximum absolute atomic E-state index is 12.4. The third-order valence-electron chi connectivity index (χ3n) is 3.79. The minimum atomic E-state index is -0.247. The Labute approximate surface area is 147 Å². The van der Waals surface area contributed by atoms with Crippen molar-refractivity contribution in [3.05, 3.63) is 53.6 Å². The normalized spacial score (nSPS) is 11.5. The lowest BCUT2D eigenvalue weighted by Crippen LogP contribution is -2.38. The molecule has 0 saturated heterocycles. The zero-order valence-electron chi connectivity index (χ0n) is 14.7. The van der Waals surface area contributed by atoms with Crippen molar-refractivity contribution >= 4 is 5.91 Å². The molecule has 2 aromatic carbocycles. The number of ether oxygens (including phenoxy) is 3. The van der Waals surface area contributed by atoms with E-state index in [1.165, 1.54) is 21.3 Å². The lowest BCUT2D eigenvalue weighted by Gasteiger charge is -2.15. The molecule has 0 saturated carbocycles. The molecule has 2 rings (SSSR count). The van der Waals surface area contributed by atoms with E-state index in [1.54, 1.807) is 12.1 Å². The molecule has 0 radical (unpaired) electrons. The number of amides is 1. The molecule has 0 spiro atoms. The van der Waals surface area contributed by atoms with Gasteiger partial charge in [-0.05, 0) is 24.1 Å². The number of nitrogens with one attached hydrogen (secondary N) is 1. The van der Waals surface area contributed by atoms with E-state index in [0.29, 0.717) is 35.8 Å². The van der Waals surface area contributed by atoms with Crippen molar-refractivity contribution in [2.24, 2.45) is 5.73 Å². The molecule has 1 amide bonds. The van der Waals surface area contributed by atoms with E-state index in [4.69, 9.17) is 19.9 Å². The number of hydrogen-bond acceptors (Lipinski definition) is 5. The quantitative estimate of drug-likeness (QED) is 0.765. The van der Waals surface area contributed by atoms with Crippen LogP contribution in [0, 0.1) is 0 Å². The zero-order valence-corrected chi connectivity index (χ0v) is 14.7. The van der Waals surface area contributed by atoms with E-state index < -0.39 is 0 Å². The highest BCUT2D eigenvalue weighted by Crippen LogP contribution is 2.38. The minimum Gasteiger partial charge on any atom is -0.493 e. The lowest BCUT2D eigenvalue weighted by atomic mass is 10.1. The van der Waals surface area contributed by atoms with Crippen molar-refractivity contribution in [3.8, 4) is 17.2 Å². The number of nitrogens with two attached hydrogens (primary N) is 1. The number of methoxy groups -OCH3 is 3. The van der Waals surface area contributed by atoms with Crippen LogP contribution in [0.3, 0.4) is 0 Å². The predicted molar refractivity (Wildman–Crippen MR) is 96.6 cm³/mol. The van der Waals surface area contributed by atoms with Gasteiger partial charge in [-0.15, -0.1) is 0 Å². The molecule has 0 heterocycles. The van der Waals surface area contributed by atoms with Gasteiger partial charge in [-0.3, -0.25) is 4.79 Å². The van der Waals surface area contributed by atoms with Gasteiger partial charge in [0, 0.05) is 18.2 Å². The molecule has 0 aliphatic rings. The van der Waals surface area contributed by atoms with Crippen molar-refractivity contribution in [1.82, 2.24) is 5.32 Å². The molecule has 2 aromatic rings. The molecule has 3 N–H and O–H groups in total. The lowest BCUT2D eigenvalue weighted by molar-refractivity contribution is 0.0950. The Morgan fingerprint density at radius 2 is 1.64 bits per heavy atom. The number of carbonyl (C=O) groups is 1. The van der Waals surface area contributed by atoms with Gasteiger partial charge in [0.05, 0.1) is 21.3 Å². The second kappa shape index (κ2) is 8.94. The van der Waals surface area contributed by atoms with Crippen LogP contribution in [0.4, 0.5) is 0 Å². The molecule has 6 heteroatoms. The highest BCUT2D eigenvalue weighted by molar-refractivity contribution is 5.95. The summed E-state index contributed by atoms with van der Waals surface area (Å²) < 4.78 is 15.8. The van der Waals surface area contributed by atoms with Gasteiger partial charge in [0.1, 0.15) is 0 Å². The summed E-state index contributed by atoms with van der Waals surface area (Å²) in [5, 5.41) is 2.84. The monoisotopic (exact) mass is 344 g/mol. The van der Waals surface area contributed by atoms with Crippen molar-refractivity contribution in [2.45, 2.75) is 12.5 Å². The van der Waals surface area contributed by atoms with Crippen molar-refractivity contribution in [3.63, 3.8) is 0 Å². The maximum atomic E-state index is 12.4. The molecule has 6 nitrogen and oxygen atoms in total. The molecule has 0 aliphatic carbocycles. The molecule has 134 valence electrons. The smallest absolute Gasteiger partial charge is 0.251 e. The summed E-state index contributed by atoms with van der Waals surface area (Å²) in [6.07, 6.45) is 0.691. The first-order chi connectivity index (χ1) is 12.1. The van der Waals surface area contributed by atoms with Crippen molar-refractivity contribution in [1.29, 1.82) is 0 Å². The fourth-order valence-corrected chi connectivity index (χ4v) is 2.53. The molecule has 25 heavy (non-hydrogen) atoms. The average Bonchev–Trinajstić information content (AvgIpc) is 2.65. The third-order valence-corrected chi connectivity index (χ3v) is 3.79. The van der Waals surface area contributed by atoms with E-state index in [1.807, 2.05) is 30.3 Å². The van der Waals surface area contributed by atoms with Gasteiger partial charge in [0.2, 0.25) is 5.75 Å². The number of benzene rings is 2. The molecule has 0 unspecified atom stereocenters. The number of carbonyl (C=O) groups excluding carboxylic acids is 1. The summed E-state index contributed by atoms with van der Waals surface area (Å²) in [7, 11) is 4.53. The van der Waals surface area contributed by atoms with Crippen LogP contribution in [0.25, 0.3) is 0 Å². The van der Waals surface area contributed by atoms with E-state index >= 15 is 0 Å². The largest absolute Gasteiger partial charge is 0.493 e. The third kappa shape index (κ3) is 4.87. The van der Waals surface area contributed by atoms with E-state index in [-0.39, 0.29) is 11.9 Å². The average molecular weight is 344 g/mol. The van der Waals surface area contributed by atoms with Gasteiger partial charge in [-0.2, -0.15) is 0 Å². The van der Waals surface area contributed by atoms with Crippen LogP contribution in [-0.4, -0.2) is 39.8 Å². The standard InChI is InChI=1S/C19H24N2O4/c1-23-16-10-14(11-17(24-2)18(16)25-3)19(22)21-12-15(20)9-13-7-5-4-6-8-13/h4-8,10-11,15H,9,12,20H2,1-3H3,(H,21,22)/t15-/m1/s1. The summed E-state index contributed by atoms with van der Waals surface area (Å²) in [5.74, 6) is 1.06. The summed E-state index contributed by atoms with van der Waals surface area (Å²) in [6.45, 7) is 0.365. The Morgan fingerprint density at radius 1 is 1.04 bits per heavy atom. The van der Waals surface area contributed by atoms with Gasteiger partial charge < -0.3 is 25.3 Å². The Balaban J connectivity index is 2.03. The van der Waals surface area contributed by atoms with Crippen LogP contribution in [0.5, 0.6) is 17.2 Å². The summed E-state index contributed by atoms with van der Waals surface area (Å²) in [4.78, 5) is 12.4. The second-order valence-corrected chi connectivity index (χ2v) is 5.57. The molecule has 0 fully saturated rings. The topological polar surface area (TPSA) is 82.8 Å². The van der Waals surface area contributed by atoms with Gasteiger partial charge >= 0.3 is 0 Å². The Bertz CT molecular complexity index is 679. The second-order valence-electron chi connectivity index (χ2n) is 5.57. The first-order valence-corrected chi connectivity index (χ1v) is 7.96. The van der Waals surface area contributed by atoms with Gasteiger partial charge in [0.25, 0.3) is 5.91 Å². The maximum Gasteiger partial charge on any atom is 0.251 e. The Kier molecular flexibility index (Phi) is 6.65. The van der Waals surface area contributed by atoms with E-state index in [0.717, 1.165) is 5.56 Å². The highest BCUT2D eigenvalue weighted by atomic mass is 16.5. The molecule has 0 aromatic heterocycles. The van der Waals surface area contributed by atoms with E-state index in [2.05, 4.69) is 5.32 Å². The van der Waals surface area contributed by atoms with E-state index in [9.17, 15) is 4.79 Å². The SMILES string of the molecule is COc1cc(C(=O)NC[C@H](N)Cc2ccccc2)cc(OC)c1OC. The van der Waals surface area contributed by atoms with Crippen LogP contribution in [0.15, 0.2) is 42.5 Å². The zero-order chi connectivity index (χ0) is 18.2. The molecule has 0 bridgehead atoms. The summed E-state index contributed by atoms with van der Waals surface area (Å²) in [5.41, 5.74) is 7.66. The van der Waals surface area contributed by atoms with Crippen LogP contribution in [-0.2, 0) is 6.42 Å². The summed E-state index contributed by atoms with van der Waals surface area (Å²) >= 11 is 0. The molecule has 0 aliphatic heterocycles. The van der Waals surface area contributed by atoms with Crippen LogP contribution >= 0.6 is 0 Å². The fraction of sp³-hybridized carbons (Fsp3) is 0.316. The van der Waals surface area contributed by atoms with Crippen LogP contribution in [0.1, 0.15) is 15.9 Å². The van der Waals surface area contributed by atoms with Crippen molar-refractivity contribution < 1.29 is 19.0 Å². The van der Waals surface area contributed by atoms with Crippen molar-refractivity contribution in [2.75, 3.05) is 27.9 Å². The number of hydrogen-bond donors (Lipinski definition) is 2.